The van der Waals surface area contributed by atoms with Crippen LogP contribution in [0.5, 0.6) is 0 Å². The quantitative estimate of drug-likeness (QED) is 0.222. The molecular formula is C26H16S4. The van der Waals surface area contributed by atoms with Crippen LogP contribution in [0.15, 0.2) is 102 Å². The van der Waals surface area contributed by atoms with Crippen LogP contribution < -0.4 is 0 Å². The lowest BCUT2D eigenvalue weighted by atomic mass is 9.92. The minimum Gasteiger partial charge on any atom is -0.0884 e. The topological polar surface area (TPSA) is 0 Å². The zero-order valence-corrected chi connectivity index (χ0v) is 19.1. The average molecular weight is 457 g/mol. The van der Waals surface area contributed by atoms with Gasteiger partial charge in [0.15, 0.2) is 0 Å². The lowest BCUT2D eigenvalue weighted by Crippen LogP contribution is -1.85. The van der Waals surface area contributed by atoms with Crippen molar-refractivity contribution in [2.45, 2.75) is 0 Å². The molecule has 2 heterocycles. The Hall–Kier alpha value is -1.98. The van der Waals surface area contributed by atoms with Gasteiger partial charge in [0.25, 0.3) is 0 Å². The minimum absolute atomic E-state index is 1.26. The van der Waals surface area contributed by atoms with Crippen LogP contribution in [0.1, 0.15) is 5.56 Å². The molecule has 4 heteroatoms. The third kappa shape index (κ3) is 3.32. The largest absolute Gasteiger partial charge is 0.0884 e. The molecule has 6 rings (SSSR count). The minimum atomic E-state index is 1.26. The molecule has 30 heavy (non-hydrogen) atoms. The van der Waals surface area contributed by atoms with Gasteiger partial charge in [0, 0.05) is 4.91 Å². The van der Waals surface area contributed by atoms with Gasteiger partial charge in [-0.1, -0.05) is 120 Å². The van der Waals surface area contributed by atoms with Crippen molar-refractivity contribution in [2.75, 3.05) is 0 Å². The summed E-state index contributed by atoms with van der Waals surface area (Å²) >= 11 is 7.33. The van der Waals surface area contributed by atoms with Gasteiger partial charge < -0.3 is 0 Å². The van der Waals surface area contributed by atoms with Gasteiger partial charge >= 0.3 is 0 Å². The van der Waals surface area contributed by atoms with E-state index in [-0.39, 0.29) is 0 Å². The maximum absolute atomic E-state index is 2.27. The number of allylic oxidation sites excluding steroid dienone is 3. The summed E-state index contributed by atoms with van der Waals surface area (Å²) in [4.78, 5) is 1.30. The molecule has 0 aromatic heterocycles. The van der Waals surface area contributed by atoms with Crippen molar-refractivity contribution < 1.29 is 0 Å². The predicted molar refractivity (Wildman–Crippen MR) is 143 cm³/mol. The summed E-state index contributed by atoms with van der Waals surface area (Å²) in [7, 11) is 0. The van der Waals surface area contributed by atoms with Crippen LogP contribution in [-0.2, 0) is 0 Å². The molecule has 0 nitrogen and oxygen atoms in total. The van der Waals surface area contributed by atoms with Crippen LogP contribution in [0.2, 0.25) is 0 Å². The predicted octanol–water partition coefficient (Wildman–Crippen LogP) is 9.55. The van der Waals surface area contributed by atoms with Crippen molar-refractivity contribution in [1.82, 2.24) is 0 Å². The molecule has 0 N–H and O–H groups in total. The molecule has 144 valence electrons. The standard InChI is InChI=1S/C26H16S4/c1(2-7-21-16-29-26(30-21)25-27-14-15-28-25)4-17-8-9-20-11-10-18-5-3-6-19-12-13-22(17)24(20)23(18)19/h1-16H/b4-1+,7-2+. The Balaban J connectivity index is 1.29. The highest BCUT2D eigenvalue weighted by molar-refractivity contribution is 8.33. The molecule has 0 aliphatic carbocycles. The number of rotatable bonds is 3. The van der Waals surface area contributed by atoms with E-state index in [1.54, 1.807) is 0 Å². The Kier molecular flexibility index (Phi) is 4.96. The summed E-state index contributed by atoms with van der Waals surface area (Å²) in [6, 6.07) is 20.0. The number of hydrogen-bond acceptors (Lipinski definition) is 4. The van der Waals surface area contributed by atoms with Crippen LogP contribution in [0, 0.1) is 0 Å². The van der Waals surface area contributed by atoms with Gasteiger partial charge in [0.2, 0.25) is 0 Å². The lowest BCUT2D eigenvalue weighted by molar-refractivity contribution is 1.74. The molecule has 0 saturated heterocycles. The van der Waals surface area contributed by atoms with E-state index < -0.39 is 0 Å². The van der Waals surface area contributed by atoms with Crippen LogP contribution in [-0.4, -0.2) is 0 Å². The van der Waals surface area contributed by atoms with E-state index in [1.807, 2.05) is 47.0 Å². The first-order chi connectivity index (χ1) is 14.9. The van der Waals surface area contributed by atoms with Crippen molar-refractivity contribution in [3.8, 4) is 0 Å². The summed E-state index contributed by atoms with van der Waals surface area (Å²) in [5.74, 6) is 0. The highest BCUT2D eigenvalue weighted by Crippen LogP contribution is 2.53. The van der Waals surface area contributed by atoms with Crippen LogP contribution >= 0.6 is 47.0 Å². The third-order valence-corrected chi connectivity index (χ3v) is 10.3. The smallest absolute Gasteiger partial charge is 0.0700 e. The van der Waals surface area contributed by atoms with Crippen LogP contribution in [0.3, 0.4) is 0 Å². The normalized spacial score (nSPS) is 17.1. The van der Waals surface area contributed by atoms with Gasteiger partial charge in [-0.2, -0.15) is 0 Å². The fourth-order valence-electron chi connectivity index (χ4n) is 3.95. The van der Waals surface area contributed by atoms with E-state index in [0.717, 1.165) is 0 Å². The molecule has 2 aliphatic heterocycles. The van der Waals surface area contributed by atoms with Gasteiger partial charge in [-0.05, 0) is 60.2 Å². The highest BCUT2D eigenvalue weighted by atomic mass is 32.2. The fourth-order valence-corrected chi connectivity index (χ4v) is 8.31. The van der Waals surface area contributed by atoms with Crippen molar-refractivity contribution in [2.24, 2.45) is 0 Å². The molecule has 4 aromatic rings. The lowest BCUT2D eigenvalue weighted by Gasteiger charge is -2.12. The number of thioether (sulfide) groups is 4. The summed E-state index contributed by atoms with van der Waals surface area (Å²) in [6.07, 6.45) is 8.74. The second-order valence-electron chi connectivity index (χ2n) is 7.05. The Morgan fingerprint density at radius 3 is 2.13 bits per heavy atom. The molecule has 0 amide bonds. The monoisotopic (exact) mass is 456 g/mol. The second kappa shape index (κ2) is 7.93. The molecule has 0 saturated carbocycles. The van der Waals surface area contributed by atoms with E-state index >= 15 is 0 Å². The Morgan fingerprint density at radius 2 is 1.30 bits per heavy atom. The van der Waals surface area contributed by atoms with E-state index in [4.69, 9.17) is 0 Å². The van der Waals surface area contributed by atoms with E-state index in [0.29, 0.717) is 0 Å². The third-order valence-electron chi connectivity index (χ3n) is 5.27. The molecule has 4 aromatic carbocycles. The van der Waals surface area contributed by atoms with Crippen molar-refractivity contribution in [3.05, 3.63) is 108 Å². The maximum Gasteiger partial charge on any atom is 0.0700 e. The first-order valence-electron chi connectivity index (χ1n) is 9.65. The molecular weight excluding hydrogens is 441 g/mol. The number of hydrogen-bond donors (Lipinski definition) is 0. The Morgan fingerprint density at radius 1 is 0.600 bits per heavy atom. The van der Waals surface area contributed by atoms with Gasteiger partial charge in [-0.3, -0.25) is 0 Å². The van der Waals surface area contributed by atoms with Crippen LogP contribution in [0.4, 0.5) is 0 Å². The zero-order chi connectivity index (χ0) is 19.9. The summed E-state index contributed by atoms with van der Waals surface area (Å²) < 4.78 is 2.79. The van der Waals surface area contributed by atoms with E-state index in [2.05, 4.69) is 95.1 Å². The average Bonchev–Trinajstić information content (AvgIpc) is 3.48. The molecule has 0 atom stereocenters. The maximum atomic E-state index is 2.27. The summed E-state index contributed by atoms with van der Waals surface area (Å²) in [6.45, 7) is 0. The van der Waals surface area contributed by atoms with Gasteiger partial charge in [0.1, 0.15) is 0 Å². The molecule has 2 aliphatic rings. The summed E-state index contributed by atoms with van der Waals surface area (Å²) in [5, 5.41) is 14.6. The molecule has 0 spiro atoms. The van der Waals surface area contributed by atoms with Gasteiger partial charge in [-0.15, -0.1) is 0 Å². The highest BCUT2D eigenvalue weighted by Gasteiger charge is 2.17. The zero-order valence-electron chi connectivity index (χ0n) is 15.9. The first-order valence-corrected chi connectivity index (χ1v) is 13.1. The van der Waals surface area contributed by atoms with E-state index in [1.165, 1.54) is 51.3 Å². The fraction of sp³-hybridized carbons (Fsp3) is 0. The molecule has 0 unspecified atom stereocenters. The number of benzene rings is 4. The second-order valence-corrected chi connectivity index (χ2v) is 11.4. The van der Waals surface area contributed by atoms with Crippen molar-refractivity contribution >= 4 is 85.4 Å². The van der Waals surface area contributed by atoms with E-state index in [9.17, 15) is 0 Å². The Labute approximate surface area is 192 Å². The summed E-state index contributed by atoms with van der Waals surface area (Å²) in [5.41, 5.74) is 1.26. The SMILES string of the molecule is C1=CSC(=C2SC=C(/C=C/C=C/c3ccc4ccc5cccc6ccc3c4c56)S2)S1. The molecule has 0 bridgehead atoms. The van der Waals surface area contributed by atoms with Crippen molar-refractivity contribution in [3.63, 3.8) is 0 Å². The molecule has 0 radical (unpaired) electrons. The Bertz CT molecular complexity index is 1410. The molecule has 0 fully saturated rings. The van der Waals surface area contributed by atoms with Gasteiger partial charge in [-0.25, -0.2) is 0 Å². The first kappa shape index (κ1) is 18.8. The van der Waals surface area contributed by atoms with Gasteiger partial charge in [0.05, 0.1) is 8.47 Å². The van der Waals surface area contributed by atoms with Crippen LogP contribution in [0.25, 0.3) is 38.4 Å². The van der Waals surface area contributed by atoms with Crippen molar-refractivity contribution in [1.29, 1.82) is 0 Å².